The van der Waals surface area contributed by atoms with Gasteiger partial charge in [0.05, 0.1) is 6.04 Å². The molecule has 2 N–H and O–H groups in total. The molecule has 0 spiro atoms. The Bertz CT molecular complexity index is 430. The second-order valence-corrected chi connectivity index (χ2v) is 5.54. The predicted molar refractivity (Wildman–Crippen MR) is 85.2 cm³/mol. The SMILES string of the molecule is Cc1ccccc1C(C)NC(=O)CCC1CCNC1.Cl. The number of benzene rings is 1. The van der Waals surface area contributed by atoms with Gasteiger partial charge in [0.1, 0.15) is 0 Å². The molecule has 1 heterocycles. The van der Waals surface area contributed by atoms with Crippen LogP contribution >= 0.6 is 12.4 Å². The number of rotatable bonds is 5. The normalized spacial score (nSPS) is 19.2. The topological polar surface area (TPSA) is 41.1 Å². The van der Waals surface area contributed by atoms with Crippen LogP contribution in [0.2, 0.25) is 0 Å². The molecule has 1 saturated heterocycles. The van der Waals surface area contributed by atoms with Crippen molar-refractivity contribution in [3.8, 4) is 0 Å². The summed E-state index contributed by atoms with van der Waals surface area (Å²) >= 11 is 0. The van der Waals surface area contributed by atoms with Gasteiger partial charge < -0.3 is 10.6 Å². The van der Waals surface area contributed by atoms with E-state index in [-0.39, 0.29) is 24.4 Å². The molecule has 2 rings (SSSR count). The fourth-order valence-electron chi connectivity index (χ4n) is 2.76. The average molecular weight is 297 g/mol. The monoisotopic (exact) mass is 296 g/mol. The second-order valence-electron chi connectivity index (χ2n) is 5.54. The summed E-state index contributed by atoms with van der Waals surface area (Å²) in [6.45, 7) is 6.31. The first-order chi connectivity index (χ1) is 9.16. The minimum atomic E-state index is 0. The highest BCUT2D eigenvalue weighted by molar-refractivity contribution is 5.85. The van der Waals surface area contributed by atoms with Gasteiger partial charge in [-0.3, -0.25) is 4.79 Å². The molecule has 1 aliphatic heterocycles. The summed E-state index contributed by atoms with van der Waals surface area (Å²) < 4.78 is 0. The van der Waals surface area contributed by atoms with Gasteiger partial charge in [0, 0.05) is 6.42 Å². The molecule has 2 atom stereocenters. The Morgan fingerprint density at radius 3 is 2.85 bits per heavy atom. The van der Waals surface area contributed by atoms with Crippen LogP contribution in [-0.4, -0.2) is 19.0 Å². The molecule has 0 bridgehead atoms. The summed E-state index contributed by atoms with van der Waals surface area (Å²) in [5.74, 6) is 0.849. The van der Waals surface area contributed by atoms with E-state index in [0.717, 1.165) is 19.5 Å². The maximum Gasteiger partial charge on any atom is 0.220 e. The number of carbonyl (C=O) groups excluding carboxylic acids is 1. The molecule has 4 heteroatoms. The molecule has 0 aliphatic carbocycles. The molecule has 1 amide bonds. The number of nitrogens with one attached hydrogen (secondary N) is 2. The van der Waals surface area contributed by atoms with Crippen LogP contribution in [0.4, 0.5) is 0 Å². The zero-order valence-electron chi connectivity index (χ0n) is 12.3. The van der Waals surface area contributed by atoms with E-state index in [4.69, 9.17) is 0 Å². The minimum Gasteiger partial charge on any atom is -0.350 e. The van der Waals surface area contributed by atoms with Gasteiger partial charge in [-0.05, 0) is 56.8 Å². The molecule has 0 aromatic heterocycles. The molecule has 1 aliphatic rings. The van der Waals surface area contributed by atoms with Gasteiger partial charge in [0.2, 0.25) is 5.91 Å². The Hall–Kier alpha value is -1.06. The smallest absolute Gasteiger partial charge is 0.220 e. The fourth-order valence-corrected chi connectivity index (χ4v) is 2.76. The molecule has 112 valence electrons. The molecule has 2 unspecified atom stereocenters. The first kappa shape index (κ1) is 17.0. The van der Waals surface area contributed by atoms with Gasteiger partial charge >= 0.3 is 0 Å². The third-order valence-electron chi connectivity index (χ3n) is 3.97. The highest BCUT2D eigenvalue weighted by Crippen LogP contribution is 2.18. The summed E-state index contributed by atoms with van der Waals surface area (Å²) in [7, 11) is 0. The van der Waals surface area contributed by atoms with Crippen molar-refractivity contribution in [2.45, 2.75) is 39.2 Å². The van der Waals surface area contributed by atoms with Crippen molar-refractivity contribution in [3.05, 3.63) is 35.4 Å². The third-order valence-corrected chi connectivity index (χ3v) is 3.97. The minimum absolute atomic E-state index is 0. The van der Waals surface area contributed by atoms with E-state index in [9.17, 15) is 4.79 Å². The Balaban J connectivity index is 0.00000200. The van der Waals surface area contributed by atoms with Crippen LogP contribution in [0.1, 0.15) is 43.4 Å². The average Bonchev–Trinajstić information content (AvgIpc) is 2.90. The lowest BCUT2D eigenvalue weighted by molar-refractivity contribution is -0.122. The van der Waals surface area contributed by atoms with E-state index in [2.05, 4.69) is 36.6 Å². The number of carbonyl (C=O) groups is 1. The highest BCUT2D eigenvalue weighted by atomic mass is 35.5. The Kier molecular flexibility index (Phi) is 7.03. The lowest BCUT2D eigenvalue weighted by atomic mass is 10.0. The molecule has 1 aromatic carbocycles. The summed E-state index contributed by atoms with van der Waals surface area (Å²) in [6.07, 6.45) is 2.85. The highest BCUT2D eigenvalue weighted by Gasteiger charge is 2.17. The van der Waals surface area contributed by atoms with Crippen LogP contribution in [0.3, 0.4) is 0 Å². The van der Waals surface area contributed by atoms with E-state index in [1.165, 1.54) is 17.5 Å². The molecule has 3 nitrogen and oxygen atoms in total. The van der Waals surface area contributed by atoms with Gasteiger partial charge in [0.25, 0.3) is 0 Å². The molecular weight excluding hydrogens is 272 g/mol. The van der Waals surface area contributed by atoms with Crippen molar-refractivity contribution >= 4 is 18.3 Å². The van der Waals surface area contributed by atoms with Gasteiger partial charge in [0.15, 0.2) is 0 Å². The van der Waals surface area contributed by atoms with Crippen LogP contribution < -0.4 is 10.6 Å². The van der Waals surface area contributed by atoms with Crippen LogP contribution in [0.5, 0.6) is 0 Å². The second kappa shape index (κ2) is 8.28. The van der Waals surface area contributed by atoms with E-state index < -0.39 is 0 Å². The Labute approximate surface area is 127 Å². The predicted octanol–water partition coefficient (Wildman–Crippen LogP) is 2.98. The summed E-state index contributed by atoms with van der Waals surface area (Å²) in [5.41, 5.74) is 2.44. The molecule has 20 heavy (non-hydrogen) atoms. The van der Waals surface area contributed by atoms with Crippen LogP contribution in [0.25, 0.3) is 0 Å². The third kappa shape index (κ3) is 4.80. The van der Waals surface area contributed by atoms with Crippen LogP contribution in [-0.2, 0) is 4.79 Å². The lowest BCUT2D eigenvalue weighted by Gasteiger charge is -2.17. The largest absolute Gasteiger partial charge is 0.350 e. The van der Waals surface area contributed by atoms with Crippen molar-refractivity contribution in [1.82, 2.24) is 10.6 Å². The fraction of sp³-hybridized carbons (Fsp3) is 0.562. The van der Waals surface area contributed by atoms with Crippen molar-refractivity contribution in [2.24, 2.45) is 5.92 Å². The first-order valence-corrected chi connectivity index (χ1v) is 7.22. The zero-order chi connectivity index (χ0) is 13.7. The lowest BCUT2D eigenvalue weighted by Crippen LogP contribution is -2.27. The van der Waals surface area contributed by atoms with Crippen LogP contribution in [0.15, 0.2) is 24.3 Å². The van der Waals surface area contributed by atoms with Gasteiger partial charge in [-0.25, -0.2) is 0 Å². The quantitative estimate of drug-likeness (QED) is 0.877. The maximum absolute atomic E-state index is 12.0. The number of hydrogen-bond donors (Lipinski definition) is 2. The molecule has 1 aromatic rings. The first-order valence-electron chi connectivity index (χ1n) is 7.22. The Morgan fingerprint density at radius 2 is 2.20 bits per heavy atom. The Morgan fingerprint density at radius 1 is 1.45 bits per heavy atom. The standard InChI is InChI=1S/C16H24N2O.ClH/c1-12-5-3-4-6-15(12)13(2)18-16(19)8-7-14-9-10-17-11-14;/h3-6,13-14,17H,7-11H2,1-2H3,(H,18,19);1H. The van der Waals surface area contributed by atoms with Crippen LogP contribution in [0, 0.1) is 12.8 Å². The molecular formula is C16H25ClN2O. The van der Waals surface area contributed by atoms with E-state index in [1.807, 2.05) is 12.1 Å². The number of aryl methyl sites for hydroxylation is 1. The number of amides is 1. The van der Waals surface area contributed by atoms with Crippen molar-refractivity contribution in [2.75, 3.05) is 13.1 Å². The van der Waals surface area contributed by atoms with Crippen molar-refractivity contribution < 1.29 is 4.79 Å². The van der Waals surface area contributed by atoms with Gasteiger partial charge in [-0.2, -0.15) is 0 Å². The van der Waals surface area contributed by atoms with Gasteiger partial charge in [-0.1, -0.05) is 24.3 Å². The van der Waals surface area contributed by atoms with E-state index in [1.54, 1.807) is 0 Å². The summed E-state index contributed by atoms with van der Waals surface area (Å²) in [6, 6.07) is 8.31. The molecule has 1 fully saturated rings. The molecule has 0 saturated carbocycles. The summed E-state index contributed by atoms with van der Waals surface area (Å²) in [4.78, 5) is 12.0. The number of hydrogen-bond acceptors (Lipinski definition) is 2. The number of halogens is 1. The zero-order valence-corrected chi connectivity index (χ0v) is 13.1. The molecule has 0 radical (unpaired) electrons. The maximum atomic E-state index is 12.0. The summed E-state index contributed by atoms with van der Waals surface area (Å²) in [5, 5.41) is 6.44. The van der Waals surface area contributed by atoms with Gasteiger partial charge in [-0.15, -0.1) is 12.4 Å². The van der Waals surface area contributed by atoms with E-state index in [0.29, 0.717) is 12.3 Å². The van der Waals surface area contributed by atoms with Crippen molar-refractivity contribution in [3.63, 3.8) is 0 Å². The van der Waals surface area contributed by atoms with E-state index >= 15 is 0 Å². The van der Waals surface area contributed by atoms with Crippen molar-refractivity contribution in [1.29, 1.82) is 0 Å².